The Bertz CT molecular complexity index is 31.5. The molecule has 0 unspecified atom stereocenters. The van der Waals surface area contributed by atoms with Gasteiger partial charge in [0.05, 0.1) is 0 Å². The second-order valence-electron chi connectivity index (χ2n) is 1.85. The van der Waals surface area contributed by atoms with Gasteiger partial charge in [-0.25, -0.2) is 0 Å². The standard InChI is InChI=1S/C6H15N.C2H4/c1-2-3-4-5-6-7;1-2/h2-7H2,1H3;1-2H2. The van der Waals surface area contributed by atoms with Crippen LogP contribution < -0.4 is 5.73 Å². The highest BCUT2D eigenvalue weighted by atomic mass is 14.5. The zero-order valence-electron chi connectivity index (χ0n) is 6.53. The summed E-state index contributed by atoms with van der Waals surface area (Å²) in [5.74, 6) is 0. The Kier molecular flexibility index (Phi) is 20.0. The molecule has 9 heavy (non-hydrogen) atoms. The molecule has 2 N–H and O–H groups in total. The summed E-state index contributed by atoms with van der Waals surface area (Å²) in [5, 5.41) is 0. The zero-order valence-corrected chi connectivity index (χ0v) is 6.53. The minimum absolute atomic E-state index is 0.861. The smallest absolute Gasteiger partial charge is 0.00773 e. The molecule has 0 rings (SSSR count). The number of nitrogens with two attached hydrogens (primary N) is 1. The van der Waals surface area contributed by atoms with Crippen molar-refractivity contribution in [3.8, 4) is 0 Å². The molecule has 1 heteroatoms. The van der Waals surface area contributed by atoms with Crippen molar-refractivity contribution >= 4 is 0 Å². The average Bonchev–Trinajstić information content (AvgIpc) is 1.94. The normalized spacial score (nSPS) is 7.78. The van der Waals surface area contributed by atoms with Gasteiger partial charge in [-0.2, -0.15) is 0 Å². The van der Waals surface area contributed by atoms with Gasteiger partial charge in [0.25, 0.3) is 0 Å². The van der Waals surface area contributed by atoms with Crippen LogP contribution in [0.25, 0.3) is 0 Å². The van der Waals surface area contributed by atoms with E-state index in [0.717, 1.165) is 6.54 Å². The molecule has 0 aliphatic heterocycles. The summed E-state index contributed by atoms with van der Waals surface area (Å²) >= 11 is 0. The van der Waals surface area contributed by atoms with E-state index in [1.165, 1.54) is 25.7 Å². The topological polar surface area (TPSA) is 26.0 Å². The lowest BCUT2D eigenvalue weighted by atomic mass is 10.2. The Balaban J connectivity index is 0. The summed E-state index contributed by atoms with van der Waals surface area (Å²) in [4.78, 5) is 0. The number of hydrogen-bond donors (Lipinski definition) is 1. The van der Waals surface area contributed by atoms with E-state index in [2.05, 4.69) is 20.1 Å². The van der Waals surface area contributed by atoms with Gasteiger partial charge in [-0.1, -0.05) is 26.2 Å². The molecular weight excluding hydrogens is 110 g/mol. The van der Waals surface area contributed by atoms with Gasteiger partial charge in [0.1, 0.15) is 0 Å². The van der Waals surface area contributed by atoms with Gasteiger partial charge in [0, 0.05) is 0 Å². The van der Waals surface area contributed by atoms with Crippen LogP contribution in [-0.4, -0.2) is 6.54 Å². The van der Waals surface area contributed by atoms with Gasteiger partial charge in [0.15, 0.2) is 0 Å². The summed E-state index contributed by atoms with van der Waals surface area (Å²) in [5.41, 5.74) is 5.27. The third-order valence-electron chi connectivity index (χ3n) is 1.06. The van der Waals surface area contributed by atoms with Crippen molar-refractivity contribution in [3.05, 3.63) is 13.2 Å². The van der Waals surface area contributed by atoms with E-state index in [4.69, 9.17) is 5.73 Å². The summed E-state index contributed by atoms with van der Waals surface area (Å²) in [6.45, 7) is 9.07. The highest BCUT2D eigenvalue weighted by Crippen LogP contribution is 1.95. The van der Waals surface area contributed by atoms with Crippen LogP contribution in [0.3, 0.4) is 0 Å². The molecule has 0 saturated carbocycles. The van der Waals surface area contributed by atoms with Gasteiger partial charge >= 0.3 is 0 Å². The van der Waals surface area contributed by atoms with Crippen molar-refractivity contribution in [3.63, 3.8) is 0 Å². The monoisotopic (exact) mass is 129 g/mol. The Labute approximate surface area is 58.9 Å². The predicted octanol–water partition coefficient (Wildman–Crippen LogP) is 2.33. The highest BCUT2D eigenvalue weighted by Gasteiger charge is 1.80. The average molecular weight is 129 g/mol. The maximum atomic E-state index is 5.27. The first kappa shape index (κ1) is 11.5. The van der Waals surface area contributed by atoms with E-state index in [9.17, 15) is 0 Å². The second-order valence-corrected chi connectivity index (χ2v) is 1.85. The first-order valence-electron chi connectivity index (χ1n) is 3.62. The van der Waals surface area contributed by atoms with Crippen LogP contribution in [0, 0.1) is 0 Å². The first-order chi connectivity index (χ1) is 4.41. The Hall–Kier alpha value is -0.300. The lowest BCUT2D eigenvalue weighted by Gasteiger charge is -1.90. The Morgan fingerprint density at radius 1 is 1.11 bits per heavy atom. The van der Waals surface area contributed by atoms with Crippen LogP contribution in [0.4, 0.5) is 0 Å². The molecule has 0 spiro atoms. The third-order valence-corrected chi connectivity index (χ3v) is 1.06. The number of rotatable bonds is 4. The molecular formula is C8H19N. The van der Waals surface area contributed by atoms with E-state index in [1.54, 1.807) is 0 Å². The molecule has 0 atom stereocenters. The predicted molar refractivity (Wildman–Crippen MR) is 44.5 cm³/mol. The minimum atomic E-state index is 0.861. The Morgan fingerprint density at radius 2 is 1.67 bits per heavy atom. The van der Waals surface area contributed by atoms with Crippen molar-refractivity contribution in [1.82, 2.24) is 0 Å². The summed E-state index contributed by atoms with van der Waals surface area (Å²) in [6.07, 6.45) is 5.16. The van der Waals surface area contributed by atoms with Crippen molar-refractivity contribution in [2.75, 3.05) is 6.54 Å². The third kappa shape index (κ3) is 18.3. The van der Waals surface area contributed by atoms with Crippen LogP contribution in [0.5, 0.6) is 0 Å². The second kappa shape index (κ2) is 15.6. The first-order valence-corrected chi connectivity index (χ1v) is 3.62. The van der Waals surface area contributed by atoms with Crippen molar-refractivity contribution < 1.29 is 0 Å². The molecule has 0 heterocycles. The molecule has 1 nitrogen and oxygen atoms in total. The fourth-order valence-corrected chi connectivity index (χ4v) is 0.571. The van der Waals surface area contributed by atoms with Gasteiger partial charge in [-0.05, 0) is 13.0 Å². The van der Waals surface area contributed by atoms with Gasteiger partial charge in [-0.15, -0.1) is 13.2 Å². The van der Waals surface area contributed by atoms with E-state index in [1.807, 2.05) is 0 Å². The molecule has 0 aliphatic rings. The molecule has 0 saturated heterocycles. The van der Waals surface area contributed by atoms with Crippen LogP contribution in [-0.2, 0) is 0 Å². The number of hydrogen-bond acceptors (Lipinski definition) is 1. The summed E-state index contributed by atoms with van der Waals surface area (Å²) < 4.78 is 0. The van der Waals surface area contributed by atoms with Crippen molar-refractivity contribution in [2.24, 2.45) is 5.73 Å². The molecule has 0 aromatic carbocycles. The molecule has 0 bridgehead atoms. The maximum Gasteiger partial charge on any atom is -0.00773 e. The largest absolute Gasteiger partial charge is 0.330 e. The molecule has 0 aliphatic carbocycles. The van der Waals surface area contributed by atoms with Crippen LogP contribution in [0.2, 0.25) is 0 Å². The van der Waals surface area contributed by atoms with Gasteiger partial charge < -0.3 is 5.73 Å². The molecule has 0 aromatic heterocycles. The fraction of sp³-hybridized carbons (Fsp3) is 0.750. The van der Waals surface area contributed by atoms with Gasteiger partial charge in [-0.3, -0.25) is 0 Å². The van der Waals surface area contributed by atoms with E-state index < -0.39 is 0 Å². The lowest BCUT2D eigenvalue weighted by Crippen LogP contribution is -1.97. The van der Waals surface area contributed by atoms with Crippen LogP contribution in [0.15, 0.2) is 13.2 Å². The zero-order chi connectivity index (χ0) is 7.54. The summed E-state index contributed by atoms with van der Waals surface area (Å²) in [6, 6.07) is 0. The van der Waals surface area contributed by atoms with Crippen molar-refractivity contribution in [2.45, 2.75) is 32.6 Å². The van der Waals surface area contributed by atoms with Crippen LogP contribution >= 0.6 is 0 Å². The fourth-order valence-electron chi connectivity index (χ4n) is 0.571. The molecule has 0 fully saturated rings. The van der Waals surface area contributed by atoms with E-state index in [0.29, 0.717) is 0 Å². The Morgan fingerprint density at radius 3 is 2.00 bits per heavy atom. The molecule has 0 aromatic rings. The van der Waals surface area contributed by atoms with Crippen LogP contribution in [0.1, 0.15) is 32.6 Å². The molecule has 0 amide bonds. The van der Waals surface area contributed by atoms with E-state index >= 15 is 0 Å². The van der Waals surface area contributed by atoms with E-state index in [-0.39, 0.29) is 0 Å². The minimum Gasteiger partial charge on any atom is -0.330 e. The summed E-state index contributed by atoms with van der Waals surface area (Å²) in [7, 11) is 0. The molecule has 56 valence electrons. The lowest BCUT2D eigenvalue weighted by molar-refractivity contribution is 0.674. The van der Waals surface area contributed by atoms with Crippen molar-refractivity contribution in [1.29, 1.82) is 0 Å². The highest BCUT2D eigenvalue weighted by molar-refractivity contribution is 4.38. The van der Waals surface area contributed by atoms with Gasteiger partial charge in [0.2, 0.25) is 0 Å². The SMILES string of the molecule is C=C.CCCCCCN. The quantitative estimate of drug-likeness (QED) is 0.457. The maximum absolute atomic E-state index is 5.27. The number of unbranched alkanes of at least 4 members (excludes halogenated alkanes) is 3. The molecule has 0 radical (unpaired) electrons.